The first kappa shape index (κ1) is 22.1. The molecule has 33 heavy (non-hydrogen) atoms. The van der Waals surface area contributed by atoms with E-state index in [1.54, 1.807) is 0 Å². The maximum absolute atomic E-state index is 4.89. The van der Waals surface area contributed by atoms with Gasteiger partial charge in [-0.3, -0.25) is 4.98 Å². The number of aromatic nitrogens is 1. The van der Waals surface area contributed by atoms with Gasteiger partial charge in [0.05, 0.1) is 18.5 Å². The lowest BCUT2D eigenvalue weighted by atomic mass is 9.92. The van der Waals surface area contributed by atoms with Gasteiger partial charge < -0.3 is 0 Å². The molecule has 166 valence electrons. The monoisotopic (exact) mass is 465 g/mol. The molecular weight excluding hydrogens is 434 g/mol. The van der Waals surface area contributed by atoms with Gasteiger partial charge in [-0.25, -0.2) is 0 Å². The van der Waals surface area contributed by atoms with E-state index in [0.717, 1.165) is 5.69 Å². The fourth-order valence-corrected chi connectivity index (χ4v) is 7.19. The van der Waals surface area contributed by atoms with E-state index < -0.39 is 8.07 Å². The predicted octanol–water partition coefficient (Wildman–Crippen LogP) is 8.76. The highest BCUT2D eigenvalue weighted by Gasteiger charge is 2.19. The Kier molecular flexibility index (Phi) is 5.50. The van der Waals surface area contributed by atoms with Crippen LogP contribution in [-0.4, -0.2) is 13.1 Å². The highest BCUT2D eigenvalue weighted by Crippen LogP contribution is 2.42. The third kappa shape index (κ3) is 3.94. The molecular formula is C30H31NSSi. The average Bonchev–Trinajstić information content (AvgIpc) is 3.14. The summed E-state index contributed by atoms with van der Waals surface area (Å²) < 4.78 is 1.28. The van der Waals surface area contributed by atoms with E-state index >= 15 is 0 Å². The van der Waals surface area contributed by atoms with Crippen LogP contribution in [-0.2, 0) is 0 Å². The van der Waals surface area contributed by atoms with E-state index in [-0.39, 0.29) is 0 Å². The molecule has 2 aromatic heterocycles. The van der Waals surface area contributed by atoms with Crippen molar-refractivity contribution in [1.29, 1.82) is 0 Å². The zero-order valence-corrected chi connectivity index (χ0v) is 22.2. The summed E-state index contributed by atoms with van der Waals surface area (Å²) in [6.07, 6.45) is 1.97. The summed E-state index contributed by atoms with van der Waals surface area (Å²) in [5.74, 6) is 0.458. The van der Waals surface area contributed by atoms with Crippen LogP contribution in [0.25, 0.3) is 42.6 Å². The van der Waals surface area contributed by atoms with Gasteiger partial charge in [-0.1, -0.05) is 87.2 Å². The predicted molar refractivity (Wildman–Crippen MR) is 150 cm³/mol. The number of thiophene rings is 1. The highest BCUT2D eigenvalue weighted by atomic mass is 32.1. The van der Waals surface area contributed by atoms with Crippen LogP contribution in [0.15, 0.2) is 72.9 Å². The van der Waals surface area contributed by atoms with E-state index in [0.29, 0.717) is 5.92 Å². The molecule has 0 bridgehead atoms. The maximum atomic E-state index is 4.89. The van der Waals surface area contributed by atoms with E-state index in [9.17, 15) is 0 Å². The second-order valence-electron chi connectivity index (χ2n) is 10.4. The van der Waals surface area contributed by atoms with Crippen LogP contribution in [0, 0.1) is 6.92 Å². The summed E-state index contributed by atoms with van der Waals surface area (Å²) in [7, 11) is -1.30. The van der Waals surface area contributed by atoms with Gasteiger partial charge in [-0.2, -0.15) is 0 Å². The number of rotatable bonds is 4. The Morgan fingerprint density at radius 1 is 0.818 bits per heavy atom. The Morgan fingerprint density at radius 3 is 2.24 bits per heavy atom. The van der Waals surface area contributed by atoms with Crippen molar-refractivity contribution in [3.63, 3.8) is 0 Å². The minimum atomic E-state index is -1.30. The topological polar surface area (TPSA) is 12.9 Å². The molecule has 0 saturated heterocycles. The normalized spacial score (nSPS) is 12.2. The van der Waals surface area contributed by atoms with E-state index in [2.05, 4.69) is 107 Å². The first-order chi connectivity index (χ1) is 15.7. The van der Waals surface area contributed by atoms with Gasteiger partial charge in [0.15, 0.2) is 0 Å². The quantitative estimate of drug-likeness (QED) is 0.242. The second-order valence-corrected chi connectivity index (χ2v) is 16.5. The largest absolute Gasteiger partial charge is 0.255 e. The van der Waals surface area contributed by atoms with E-state index in [1.165, 1.54) is 53.2 Å². The molecule has 0 aliphatic carbocycles. The van der Waals surface area contributed by atoms with Crippen molar-refractivity contribution >= 4 is 45.5 Å². The lowest BCUT2D eigenvalue weighted by Crippen LogP contribution is -2.37. The van der Waals surface area contributed by atoms with Gasteiger partial charge in [0.2, 0.25) is 0 Å². The lowest BCUT2D eigenvalue weighted by molar-refractivity contribution is 0.876. The second kappa shape index (κ2) is 8.23. The summed E-state index contributed by atoms with van der Waals surface area (Å²) in [6, 6.07) is 24.8. The molecule has 0 amide bonds. The zero-order chi connectivity index (χ0) is 23.3. The Bertz CT molecular complexity index is 1470. The molecule has 0 aliphatic heterocycles. The van der Waals surface area contributed by atoms with Gasteiger partial charge in [-0.15, -0.1) is 11.3 Å². The molecule has 0 fully saturated rings. The summed E-state index contributed by atoms with van der Waals surface area (Å²) >= 11 is 1.88. The van der Waals surface area contributed by atoms with Gasteiger partial charge >= 0.3 is 0 Å². The van der Waals surface area contributed by atoms with Crippen molar-refractivity contribution in [3.8, 4) is 21.7 Å². The maximum Gasteiger partial charge on any atom is 0.0880 e. The van der Waals surface area contributed by atoms with Crippen LogP contribution < -0.4 is 5.19 Å². The molecule has 0 N–H and O–H groups in total. The van der Waals surface area contributed by atoms with E-state index in [1.807, 2.05) is 17.5 Å². The lowest BCUT2D eigenvalue weighted by Gasteiger charge is -2.16. The summed E-state index contributed by atoms with van der Waals surface area (Å²) in [6.45, 7) is 14.0. The summed E-state index contributed by atoms with van der Waals surface area (Å²) in [5, 5.41) is 5.44. The van der Waals surface area contributed by atoms with Crippen LogP contribution in [0.5, 0.6) is 0 Å². The molecule has 0 aliphatic rings. The number of pyridine rings is 1. The fourth-order valence-electron chi connectivity index (χ4n) is 4.71. The number of fused-ring (bicyclic) bond motifs is 2. The molecule has 1 nitrogen and oxygen atoms in total. The number of aryl methyl sites for hydroxylation is 1. The average molecular weight is 466 g/mol. The number of hydrogen-bond donors (Lipinski definition) is 0. The molecule has 3 heteroatoms. The Balaban J connectivity index is 1.69. The number of hydrogen-bond acceptors (Lipinski definition) is 2. The standard InChI is InChI=1S/C30H31NSSi/c1-19(2)27-18-23(17-22-9-7-8-10-26(22)27)28-30-25(15-16-31-28)20(3)29(32-30)21-11-13-24(14-12-21)33(4,5)6/h7-19H,1-6H3. The molecule has 0 spiro atoms. The van der Waals surface area contributed by atoms with Crippen molar-refractivity contribution in [2.75, 3.05) is 0 Å². The SMILES string of the molecule is Cc1c(-c2ccc([Si](C)(C)C)cc2)sc2c(-c3cc(C(C)C)c4ccccc4c3)nccc12. The van der Waals surface area contributed by atoms with Crippen LogP contribution in [0.1, 0.15) is 30.9 Å². The number of nitrogens with zero attached hydrogens (tertiary/aromatic N) is 1. The molecule has 0 unspecified atom stereocenters. The van der Waals surface area contributed by atoms with Crippen LogP contribution >= 0.6 is 11.3 Å². The first-order valence-corrected chi connectivity index (χ1v) is 16.1. The fraction of sp³-hybridized carbons (Fsp3) is 0.233. The highest BCUT2D eigenvalue weighted by molar-refractivity contribution is 7.23. The first-order valence-electron chi connectivity index (χ1n) is 11.8. The van der Waals surface area contributed by atoms with Crippen molar-refractivity contribution in [2.45, 2.75) is 46.3 Å². The van der Waals surface area contributed by atoms with Crippen molar-refractivity contribution in [3.05, 3.63) is 84.1 Å². The third-order valence-electron chi connectivity index (χ3n) is 6.66. The van der Waals surface area contributed by atoms with Gasteiger partial charge in [0.1, 0.15) is 0 Å². The Labute approximate surface area is 202 Å². The molecule has 5 aromatic rings. The minimum Gasteiger partial charge on any atom is -0.255 e. The smallest absolute Gasteiger partial charge is 0.0880 e. The van der Waals surface area contributed by atoms with Crippen molar-refractivity contribution in [2.24, 2.45) is 0 Å². The van der Waals surface area contributed by atoms with Gasteiger partial charge in [-0.05, 0) is 63.9 Å². The van der Waals surface area contributed by atoms with Gasteiger partial charge in [0.25, 0.3) is 0 Å². The minimum absolute atomic E-state index is 0.458. The Hall–Kier alpha value is -2.75. The van der Waals surface area contributed by atoms with Crippen LogP contribution in [0.2, 0.25) is 19.6 Å². The Morgan fingerprint density at radius 2 is 1.55 bits per heavy atom. The molecule has 0 saturated carbocycles. The summed E-state index contributed by atoms with van der Waals surface area (Å²) in [4.78, 5) is 6.25. The molecule has 0 radical (unpaired) electrons. The number of benzene rings is 3. The molecule has 0 atom stereocenters. The van der Waals surface area contributed by atoms with Crippen molar-refractivity contribution in [1.82, 2.24) is 4.98 Å². The molecule has 5 rings (SSSR count). The van der Waals surface area contributed by atoms with E-state index in [4.69, 9.17) is 4.98 Å². The zero-order valence-electron chi connectivity index (χ0n) is 20.4. The van der Waals surface area contributed by atoms with Crippen LogP contribution in [0.3, 0.4) is 0 Å². The third-order valence-corrected chi connectivity index (χ3v) is 10.1. The van der Waals surface area contributed by atoms with Crippen LogP contribution in [0.4, 0.5) is 0 Å². The molecule has 2 heterocycles. The summed E-state index contributed by atoms with van der Waals surface area (Å²) in [5.41, 5.74) is 6.35. The molecule has 3 aromatic carbocycles. The van der Waals surface area contributed by atoms with Gasteiger partial charge in [0, 0.05) is 16.6 Å². The van der Waals surface area contributed by atoms with Crippen molar-refractivity contribution < 1.29 is 0 Å².